The van der Waals surface area contributed by atoms with Gasteiger partial charge in [0.2, 0.25) is 0 Å². The highest BCUT2D eigenvalue weighted by atomic mass is 16.5. The topological polar surface area (TPSA) is 29.5 Å². The predicted molar refractivity (Wildman–Crippen MR) is 111 cm³/mol. The Hall–Kier alpha value is -1.74. The Bertz CT molecular complexity index is 795. The van der Waals surface area contributed by atoms with Crippen LogP contribution < -0.4 is 10.1 Å². The fourth-order valence-electron chi connectivity index (χ4n) is 4.11. The highest BCUT2D eigenvalue weighted by Gasteiger charge is 2.33. The molecule has 2 aromatic rings. The first-order chi connectivity index (χ1) is 12.3. The number of hydrogen-bond donors (Lipinski definition) is 1. The summed E-state index contributed by atoms with van der Waals surface area (Å²) in [6.45, 7) is 11.0. The van der Waals surface area contributed by atoms with E-state index in [1.54, 1.807) is 0 Å². The van der Waals surface area contributed by atoms with Crippen LogP contribution in [0.2, 0.25) is 0 Å². The van der Waals surface area contributed by atoms with Crippen LogP contribution >= 0.6 is 0 Å². The minimum Gasteiger partial charge on any atom is -0.532 e. The maximum atomic E-state index is 10.6. The van der Waals surface area contributed by atoms with Gasteiger partial charge in [-0.15, -0.1) is 0 Å². The fraction of sp³-hybridized carbons (Fsp3) is 0.478. The summed E-state index contributed by atoms with van der Waals surface area (Å²) in [5.74, 6) is 0.800. The van der Waals surface area contributed by atoms with Crippen molar-refractivity contribution in [2.45, 2.75) is 72.1 Å². The van der Waals surface area contributed by atoms with Gasteiger partial charge in [-0.05, 0) is 48.4 Å². The SMILES string of the molecule is CCCCCCC(C)(C)c1ccc2c(c1)OB(O)c1c(C)cc(C)cc1-2. The smallest absolute Gasteiger partial charge is 0.532 e. The first-order valence-electron chi connectivity index (χ1n) is 9.94. The van der Waals surface area contributed by atoms with Crippen molar-refractivity contribution >= 4 is 12.6 Å². The standard InChI is InChI=1S/C23H31BO2/c1-6-7-8-9-12-23(4,5)18-10-11-19-20-14-16(2)13-17(3)22(20)24(25)26-21(19)15-18/h10-11,13-15,25H,6-9,12H2,1-5H3. The average Bonchev–Trinajstić information content (AvgIpc) is 2.57. The largest absolute Gasteiger partial charge is 0.560 e. The van der Waals surface area contributed by atoms with Gasteiger partial charge in [0.05, 0.1) is 0 Å². The summed E-state index contributed by atoms with van der Waals surface area (Å²) in [7, 11) is -0.888. The quantitative estimate of drug-likeness (QED) is 0.566. The van der Waals surface area contributed by atoms with Crippen LogP contribution in [0.4, 0.5) is 0 Å². The molecule has 0 spiro atoms. The third-order valence-corrected chi connectivity index (χ3v) is 5.73. The molecule has 0 saturated carbocycles. The summed E-state index contributed by atoms with van der Waals surface area (Å²) in [4.78, 5) is 0. The van der Waals surface area contributed by atoms with Crippen molar-refractivity contribution in [2.75, 3.05) is 0 Å². The molecule has 0 aliphatic carbocycles. The van der Waals surface area contributed by atoms with Crippen LogP contribution in [0.25, 0.3) is 11.1 Å². The second kappa shape index (κ2) is 7.48. The van der Waals surface area contributed by atoms with E-state index in [4.69, 9.17) is 4.65 Å². The zero-order valence-electron chi connectivity index (χ0n) is 16.9. The van der Waals surface area contributed by atoms with Crippen molar-refractivity contribution in [3.8, 4) is 16.9 Å². The third-order valence-electron chi connectivity index (χ3n) is 5.73. The van der Waals surface area contributed by atoms with Gasteiger partial charge in [-0.1, -0.05) is 76.3 Å². The van der Waals surface area contributed by atoms with Gasteiger partial charge in [-0.3, -0.25) is 0 Å². The lowest BCUT2D eigenvalue weighted by Crippen LogP contribution is -2.42. The number of benzene rings is 2. The van der Waals surface area contributed by atoms with Crippen molar-refractivity contribution in [3.63, 3.8) is 0 Å². The van der Waals surface area contributed by atoms with Crippen molar-refractivity contribution in [1.82, 2.24) is 0 Å². The molecule has 1 N–H and O–H groups in total. The average molecular weight is 350 g/mol. The van der Waals surface area contributed by atoms with Crippen LogP contribution in [0.3, 0.4) is 0 Å². The number of aryl methyl sites for hydroxylation is 2. The Morgan fingerprint density at radius 2 is 1.77 bits per heavy atom. The van der Waals surface area contributed by atoms with Crippen LogP contribution in [0, 0.1) is 13.8 Å². The van der Waals surface area contributed by atoms with Gasteiger partial charge < -0.3 is 9.68 Å². The Labute approximate surface area is 158 Å². The van der Waals surface area contributed by atoms with Crippen molar-refractivity contribution in [3.05, 3.63) is 47.0 Å². The Morgan fingerprint density at radius 3 is 2.50 bits per heavy atom. The minimum atomic E-state index is -0.888. The van der Waals surface area contributed by atoms with E-state index in [-0.39, 0.29) is 5.41 Å². The number of unbranched alkanes of at least 4 members (excludes halogenated alkanes) is 3. The molecule has 3 heteroatoms. The van der Waals surface area contributed by atoms with Gasteiger partial charge in [-0.25, -0.2) is 0 Å². The number of hydrogen-bond acceptors (Lipinski definition) is 2. The van der Waals surface area contributed by atoms with Gasteiger partial charge in [-0.2, -0.15) is 0 Å². The van der Waals surface area contributed by atoms with E-state index in [0.717, 1.165) is 27.9 Å². The van der Waals surface area contributed by atoms with Gasteiger partial charge in [0.15, 0.2) is 0 Å². The molecule has 1 aliphatic rings. The van der Waals surface area contributed by atoms with E-state index in [2.05, 4.69) is 58.0 Å². The minimum absolute atomic E-state index is 0.111. The van der Waals surface area contributed by atoms with Crippen LogP contribution in [0.5, 0.6) is 5.75 Å². The summed E-state index contributed by atoms with van der Waals surface area (Å²) in [5, 5.41) is 10.6. The zero-order chi connectivity index (χ0) is 18.9. The van der Waals surface area contributed by atoms with Gasteiger partial charge in [0.25, 0.3) is 0 Å². The normalized spacial score (nSPS) is 13.2. The lowest BCUT2D eigenvalue weighted by atomic mass is 9.69. The van der Waals surface area contributed by atoms with Gasteiger partial charge >= 0.3 is 7.12 Å². The zero-order valence-corrected chi connectivity index (χ0v) is 16.9. The first-order valence-corrected chi connectivity index (χ1v) is 9.94. The maximum absolute atomic E-state index is 10.6. The molecule has 0 saturated heterocycles. The molecular formula is C23H31BO2. The molecule has 26 heavy (non-hydrogen) atoms. The number of rotatable bonds is 6. The lowest BCUT2D eigenvalue weighted by molar-refractivity contribution is 0.423. The van der Waals surface area contributed by atoms with Crippen molar-refractivity contribution in [1.29, 1.82) is 0 Å². The summed E-state index contributed by atoms with van der Waals surface area (Å²) in [6.07, 6.45) is 6.30. The first kappa shape index (κ1) is 19.0. The third kappa shape index (κ3) is 3.69. The molecule has 1 heterocycles. The predicted octanol–water partition coefficient (Wildman–Crippen LogP) is 5.30. The molecule has 0 amide bonds. The Kier molecular flexibility index (Phi) is 5.48. The molecule has 0 atom stereocenters. The van der Waals surface area contributed by atoms with Crippen LogP contribution in [-0.4, -0.2) is 12.1 Å². The molecule has 2 nitrogen and oxygen atoms in total. The molecule has 0 radical (unpaired) electrons. The van der Waals surface area contributed by atoms with E-state index < -0.39 is 7.12 Å². The maximum Gasteiger partial charge on any atom is 0.560 e. The molecule has 2 aromatic carbocycles. The molecular weight excluding hydrogens is 319 g/mol. The summed E-state index contributed by atoms with van der Waals surface area (Å²) >= 11 is 0. The van der Waals surface area contributed by atoms with Gasteiger partial charge in [0.1, 0.15) is 5.75 Å². The highest BCUT2D eigenvalue weighted by molar-refractivity contribution is 6.64. The van der Waals surface area contributed by atoms with Gasteiger partial charge in [0, 0.05) is 11.0 Å². The monoisotopic (exact) mass is 350 g/mol. The molecule has 0 fully saturated rings. The van der Waals surface area contributed by atoms with E-state index in [1.165, 1.54) is 43.2 Å². The Balaban J connectivity index is 1.93. The van der Waals surface area contributed by atoms with Crippen LogP contribution in [0.1, 0.15) is 69.6 Å². The van der Waals surface area contributed by atoms with Crippen LogP contribution in [-0.2, 0) is 5.41 Å². The Morgan fingerprint density at radius 1 is 1.00 bits per heavy atom. The van der Waals surface area contributed by atoms with E-state index in [1.807, 2.05) is 6.92 Å². The summed E-state index contributed by atoms with van der Waals surface area (Å²) in [6, 6.07) is 10.8. The second-order valence-corrected chi connectivity index (χ2v) is 8.42. The summed E-state index contributed by atoms with van der Waals surface area (Å²) in [5.41, 5.74) is 6.77. The number of fused-ring (bicyclic) bond motifs is 3. The van der Waals surface area contributed by atoms with Crippen molar-refractivity contribution < 1.29 is 9.68 Å². The molecule has 0 aromatic heterocycles. The molecule has 1 aliphatic heterocycles. The van der Waals surface area contributed by atoms with E-state index in [0.29, 0.717) is 0 Å². The molecule has 0 unspecified atom stereocenters. The highest BCUT2D eigenvalue weighted by Crippen LogP contribution is 2.39. The molecule has 0 bridgehead atoms. The van der Waals surface area contributed by atoms with Crippen molar-refractivity contribution in [2.24, 2.45) is 0 Å². The molecule has 138 valence electrons. The van der Waals surface area contributed by atoms with E-state index >= 15 is 0 Å². The van der Waals surface area contributed by atoms with Crippen LogP contribution in [0.15, 0.2) is 30.3 Å². The molecule has 3 rings (SSSR count). The summed E-state index contributed by atoms with van der Waals surface area (Å²) < 4.78 is 5.91. The second-order valence-electron chi connectivity index (χ2n) is 8.42. The fourth-order valence-corrected chi connectivity index (χ4v) is 4.11. The van der Waals surface area contributed by atoms with E-state index in [9.17, 15) is 5.02 Å². The lowest BCUT2D eigenvalue weighted by Gasteiger charge is -2.29.